The summed E-state index contributed by atoms with van der Waals surface area (Å²) in [6, 6.07) is 8.52. The van der Waals surface area contributed by atoms with E-state index in [1.54, 1.807) is 12.1 Å². The molecular formula is C23H21NO9. The van der Waals surface area contributed by atoms with E-state index < -0.39 is 35.0 Å². The first-order valence-electron chi connectivity index (χ1n) is 9.96. The molecule has 0 aliphatic rings. The zero-order chi connectivity index (χ0) is 24.1. The van der Waals surface area contributed by atoms with E-state index in [4.69, 9.17) is 18.6 Å². The molecule has 3 aromatic rings. The Morgan fingerprint density at radius 1 is 1.00 bits per heavy atom. The zero-order valence-electron chi connectivity index (χ0n) is 18.1. The Morgan fingerprint density at radius 3 is 2.27 bits per heavy atom. The van der Waals surface area contributed by atoms with Crippen LogP contribution in [0, 0.1) is 0 Å². The van der Waals surface area contributed by atoms with E-state index in [1.807, 2.05) is 6.92 Å². The molecule has 10 heteroatoms. The second kappa shape index (κ2) is 9.86. The highest BCUT2D eigenvalue weighted by atomic mass is 16.6. The fourth-order valence-corrected chi connectivity index (χ4v) is 2.93. The molecule has 2 aromatic carbocycles. The number of hydrogen-bond donors (Lipinski definition) is 2. The van der Waals surface area contributed by atoms with Crippen LogP contribution in [0.3, 0.4) is 0 Å². The first-order valence-corrected chi connectivity index (χ1v) is 9.96. The van der Waals surface area contributed by atoms with Crippen LogP contribution in [-0.2, 0) is 9.59 Å². The van der Waals surface area contributed by atoms with Crippen LogP contribution in [-0.4, -0.2) is 29.7 Å². The lowest BCUT2D eigenvalue weighted by atomic mass is 10.1. The van der Waals surface area contributed by atoms with Gasteiger partial charge in [-0.05, 0) is 30.7 Å². The quantitative estimate of drug-likeness (QED) is 0.422. The van der Waals surface area contributed by atoms with Crippen molar-refractivity contribution in [2.45, 2.75) is 27.2 Å². The maximum Gasteiger partial charge on any atom is 0.412 e. The summed E-state index contributed by atoms with van der Waals surface area (Å²) in [6.45, 7) is 4.62. The van der Waals surface area contributed by atoms with Crippen molar-refractivity contribution in [3.05, 3.63) is 46.6 Å². The molecule has 0 atom stereocenters. The molecule has 3 rings (SSSR count). The number of carbonyl (C=O) groups excluding carboxylic acids is 3. The van der Waals surface area contributed by atoms with Crippen molar-refractivity contribution in [1.29, 1.82) is 0 Å². The van der Waals surface area contributed by atoms with Crippen molar-refractivity contribution >= 4 is 29.0 Å². The van der Waals surface area contributed by atoms with Gasteiger partial charge in [0, 0.05) is 38.1 Å². The monoisotopic (exact) mass is 455 g/mol. The van der Waals surface area contributed by atoms with Crippen molar-refractivity contribution in [3.8, 4) is 34.3 Å². The Bertz CT molecular complexity index is 1280. The Morgan fingerprint density at radius 2 is 1.67 bits per heavy atom. The molecule has 1 amide bonds. The molecule has 0 saturated heterocycles. The van der Waals surface area contributed by atoms with Gasteiger partial charge in [0.25, 0.3) is 0 Å². The van der Waals surface area contributed by atoms with E-state index in [9.17, 15) is 24.3 Å². The third kappa shape index (κ3) is 5.48. The van der Waals surface area contributed by atoms with E-state index in [0.717, 1.165) is 26.3 Å². The van der Waals surface area contributed by atoms with Crippen LogP contribution in [0.4, 0.5) is 4.79 Å². The highest BCUT2D eigenvalue weighted by molar-refractivity contribution is 5.91. The van der Waals surface area contributed by atoms with Crippen molar-refractivity contribution in [3.63, 3.8) is 0 Å². The number of phenols is 1. The normalized spacial score (nSPS) is 10.5. The van der Waals surface area contributed by atoms with E-state index in [-0.39, 0.29) is 28.2 Å². The molecule has 2 N–H and O–H groups in total. The van der Waals surface area contributed by atoms with Crippen molar-refractivity contribution in [1.82, 2.24) is 5.32 Å². The van der Waals surface area contributed by atoms with E-state index >= 15 is 0 Å². The van der Waals surface area contributed by atoms with Gasteiger partial charge in [-0.2, -0.15) is 0 Å². The minimum Gasteiger partial charge on any atom is -0.504 e. The van der Waals surface area contributed by atoms with Gasteiger partial charge in [0.15, 0.2) is 16.9 Å². The average molecular weight is 455 g/mol. The molecule has 1 aromatic heterocycles. The number of nitrogens with one attached hydrogen (secondary N) is 1. The van der Waals surface area contributed by atoms with Crippen LogP contribution >= 0.6 is 0 Å². The highest BCUT2D eigenvalue weighted by Gasteiger charge is 2.22. The standard InChI is InChI=1S/C23H21NO9/c1-4-9-24-23(29)32-15-7-5-14(6-8-15)17-10-16(27)20-18(33-17)11-19(30-12(2)25)22(21(20)28)31-13(3)26/h5-8,10-11,28H,4,9H2,1-3H3,(H,24,29). The lowest BCUT2D eigenvalue weighted by Crippen LogP contribution is -2.27. The number of aromatic hydroxyl groups is 1. The summed E-state index contributed by atoms with van der Waals surface area (Å²) in [5.74, 6) is -2.54. The first kappa shape index (κ1) is 23.3. The second-order valence-corrected chi connectivity index (χ2v) is 6.93. The number of benzene rings is 2. The van der Waals surface area contributed by atoms with Gasteiger partial charge >= 0.3 is 18.0 Å². The Balaban J connectivity index is 2.02. The summed E-state index contributed by atoms with van der Waals surface area (Å²) in [6.07, 6.45) is 0.186. The van der Waals surface area contributed by atoms with Crippen LogP contribution < -0.4 is 25.0 Å². The molecule has 10 nitrogen and oxygen atoms in total. The van der Waals surface area contributed by atoms with Crippen LogP contribution in [0.2, 0.25) is 0 Å². The van der Waals surface area contributed by atoms with Crippen LogP contribution in [0.1, 0.15) is 27.2 Å². The molecule has 0 aliphatic carbocycles. The number of rotatable bonds is 6. The SMILES string of the molecule is CCCNC(=O)Oc1ccc(-c2cc(=O)c3c(O)c(OC(C)=O)c(OC(C)=O)cc3o2)cc1. The Kier molecular flexibility index (Phi) is 6.97. The van der Waals surface area contributed by atoms with Crippen LogP contribution in [0.15, 0.2) is 45.6 Å². The summed E-state index contributed by atoms with van der Waals surface area (Å²) in [5.41, 5.74) is -0.236. The predicted octanol–water partition coefficient (Wildman–Crippen LogP) is 3.51. The van der Waals surface area contributed by atoms with Gasteiger partial charge in [-0.25, -0.2) is 4.79 Å². The van der Waals surface area contributed by atoms with Gasteiger partial charge in [0.2, 0.25) is 5.75 Å². The molecule has 0 bridgehead atoms. The number of carbonyl (C=O) groups is 3. The van der Waals surface area contributed by atoms with Gasteiger partial charge in [0.05, 0.1) is 0 Å². The summed E-state index contributed by atoms with van der Waals surface area (Å²) in [7, 11) is 0. The number of amides is 1. The number of hydrogen-bond acceptors (Lipinski definition) is 9. The Labute approximate surface area is 187 Å². The zero-order valence-corrected chi connectivity index (χ0v) is 18.1. The molecule has 172 valence electrons. The molecule has 0 fully saturated rings. The molecule has 0 aliphatic heterocycles. The molecule has 0 saturated carbocycles. The molecule has 1 heterocycles. The topological polar surface area (TPSA) is 141 Å². The fourth-order valence-electron chi connectivity index (χ4n) is 2.93. The molecule has 0 spiro atoms. The van der Waals surface area contributed by atoms with Gasteiger partial charge < -0.3 is 29.1 Å². The number of esters is 2. The summed E-state index contributed by atoms with van der Waals surface area (Å²) >= 11 is 0. The maximum atomic E-state index is 12.7. The maximum absolute atomic E-state index is 12.7. The Hall–Kier alpha value is -4.34. The summed E-state index contributed by atoms with van der Waals surface area (Å²) in [4.78, 5) is 47.2. The van der Waals surface area contributed by atoms with Crippen LogP contribution in [0.25, 0.3) is 22.3 Å². The van der Waals surface area contributed by atoms with E-state index in [2.05, 4.69) is 5.32 Å². The molecule has 33 heavy (non-hydrogen) atoms. The minimum atomic E-state index is -0.787. The van der Waals surface area contributed by atoms with Crippen molar-refractivity contribution in [2.75, 3.05) is 6.54 Å². The minimum absolute atomic E-state index is 0.0959. The number of ether oxygens (including phenoxy) is 3. The third-order valence-electron chi connectivity index (χ3n) is 4.28. The molecule has 0 radical (unpaired) electrons. The second-order valence-electron chi connectivity index (χ2n) is 6.93. The van der Waals surface area contributed by atoms with Crippen molar-refractivity contribution in [2.24, 2.45) is 0 Å². The lowest BCUT2D eigenvalue weighted by Gasteiger charge is -2.12. The van der Waals surface area contributed by atoms with Crippen molar-refractivity contribution < 1.29 is 38.1 Å². The highest BCUT2D eigenvalue weighted by Crippen LogP contribution is 2.42. The molecule has 0 unspecified atom stereocenters. The van der Waals surface area contributed by atoms with Gasteiger partial charge in [-0.1, -0.05) is 6.92 Å². The number of phenolic OH excluding ortho intramolecular Hbond substituents is 1. The van der Waals surface area contributed by atoms with Gasteiger partial charge in [-0.3, -0.25) is 14.4 Å². The van der Waals surface area contributed by atoms with Crippen LogP contribution in [0.5, 0.6) is 23.0 Å². The third-order valence-corrected chi connectivity index (χ3v) is 4.28. The summed E-state index contributed by atoms with van der Waals surface area (Å²) < 4.78 is 20.8. The smallest absolute Gasteiger partial charge is 0.412 e. The van der Waals surface area contributed by atoms with Gasteiger partial charge in [-0.15, -0.1) is 0 Å². The molecular weight excluding hydrogens is 434 g/mol. The first-order chi connectivity index (χ1) is 15.7. The average Bonchev–Trinajstić information content (AvgIpc) is 2.74. The van der Waals surface area contributed by atoms with E-state index in [0.29, 0.717) is 12.1 Å². The predicted molar refractivity (Wildman–Crippen MR) is 117 cm³/mol. The largest absolute Gasteiger partial charge is 0.504 e. The fraction of sp³-hybridized carbons (Fsp3) is 0.217. The lowest BCUT2D eigenvalue weighted by molar-refractivity contribution is -0.134. The number of fused-ring (bicyclic) bond motifs is 1. The van der Waals surface area contributed by atoms with Gasteiger partial charge in [0.1, 0.15) is 22.5 Å². The summed E-state index contributed by atoms with van der Waals surface area (Å²) in [5, 5.41) is 12.9. The van der Waals surface area contributed by atoms with E-state index in [1.165, 1.54) is 18.2 Å².